The van der Waals surface area contributed by atoms with E-state index in [4.69, 9.17) is 5.26 Å². The van der Waals surface area contributed by atoms with Gasteiger partial charge in [0.25, 0.3) is 0 Å². The Bertz CT molecular complexity index is 545. The molecule has 0 spiro atoms. The maximum atomic E-state index is 8.88. The number of aromatic nitrogens is 3. The molecule has 5 nitrogen and oxygen atoms in total. The van der Waals surface area contributed by atoms with Gasteiger partial charge in [0.05, 0.1) is 17.5 Å². The fraction of sp³-hybridized carbons (Fsp3) is 0.111. The fourth-order valence-electron chi connectivity index (χ4n) is 1.61. The van der Waals surface area contributed by atoms with Crippen LogP contribution in [0.15, 0.2) is 17.4 Å². The first kappa shape index (κ1) is 7.21. The van der Waals surface area contributed by atoms with E-state index in [1.54, 1.807) is 18.6 Å². The zero-order chi connectivity index (χ0) is 9.54. The molecule has 0 bridgehead atoms. The average molecular weight is 183 g/mol. The summed E-state index contributed by atoms with van der Waals surface area (Å²) in [4.78, 5) is 12.3. The van der Waals surface area contributed by atoms with Crippen molar-refractivity contribution in [2.75, 3.05) is 0 Å². The Balaban J connectivity index is 2.41. The van der Waals surface area contributed by atoms with Crippen LogP contribution in [0.3, 0.4) is 0 Å². The van der Waals surface area contributed by atoms with Gasteiger partial charge in [-0.2, -0.15) is 5.26 Å². The van der Waals surface area contributed by atoms with Crippen molar-refractivity contribution < 1.29 is 0 Å². The smallest absolute Gasteiger partial charge is 0.177 e. The second-order valence-electron chi connectivity index (χ2n) is 3.02. The van der Waals surface area contributed by atoms with E-state index in [1.807, 2.05) is 4.57 Å². The molecular formula is C9H5N5. The number of fused-ring (bicyclic) bond motifs is 3. The molecule has 5 heteroatoms. The maximum Gasteiger partial charge on any atom is 0.177 e. The number of rotatable bonds is 0. The van der Waals surface area contributed by atoms with Gasteiger partial charge in [-0.15, -0.1) is 0 Å². The Kier molecular flexibility index (Phi) is 1.23. The minimum Gasteiger partial charge on any atom is -0.314 e. The zero-order valence-corrected chi connectivity index (χ0v) is 7.18. The topological polar surface area (TPSA) is 66.9 Å². The minimum absolute atomic E-state index is 0.550. The standard InChI is InChI=1S/C9H5N5/c10-1-6-2-12-9-8(6)14-5-11-3-7(14)4-13-9/h2-4H,5H2. The third-order valence-corrected chi connectivity index (χ3v) is 2.25. The predicted octanol–water partition coefficient (Wildman–Crippen LogP) is 0.645. The molecule has 3 aliphatic heterocycles. The number of nitriles is 1. The molecule has 0 aromatic rings. The van der Waals surface area contributed by atoms with E-state index in [2.05, 4.69) is 21.0 Å². The summed E-state index contributed by atoms with van der Waals surface area (Å²) in [6, 6.07) is 2.10. The molecule has 0 atom stereocenters. The van der Waals surface area contributed by atoms with Gasteiger partial charge in [-0.25, -0.2) is 9.97 Å². The second-order valence-corrected chi connectivity index (χ2v) is 3.02. The van der Waals surface area contributed by atoms with Crippen molar-refractivity contribution >= 4 is 6.21 Å². The summed E-state index contributed by atoms with van der Waals surface area (Å²) in [5.74, 6) is 0.607. The Morgan fingerprint density at radius 3 is 3.07 bits per heavy atom. The van der Waals surface area contributed by atoms with Crippen LogP contribution in [0.4, 0.5) is 0 Å². The Labute approximate surface area is 79.7 Å². The van der Waals surface area contributed by atoms with Gasteiger partial charge in [-0.3, -0.25) is 4.99 Å². The van der Waals surface area contributed by atoms with Crippen LogP contribution in [0.5, 0.6) is 0 Å². The van der Waals surface area contributed by atoms with Crippen molar-refractivity contribution in [1.29, 1.82) is 5.26 Å². The van der Waals surface area contributed by atoms with Crippen molar-refractivity contribution in [3.8, 4) is 17.6 Å². The fourth-order valence-corrected chi connectivity index (χ4v) is 1.61. The van der Waals surface area contributed by atoms with Gasteiger partial charge in [-0.1, -0.05) is 0 Å². The van der Waals surface area contributed by atoms with Crippen LogP contribution in [0.1, 0.15) is 11.3 Å². The Morgan fingerprint density at radius 1 is 1.36 bits per heavy atom. The molecule has 66 valence electrons. The van der Waals surface area contributed by atoms with E-state index < -0.39 is 0 Å². The first-order valence-electron chi connectivity index (χ1n) is 4.14. The van der Waals surface area contributed by atoms with Gasteiger partial charge >= 0.3 is 0 Å². The van der Waals surface area contributed by atoms with E-state index in [1.165, 1.54) is 0 Å². The molecule has 0 aromatic heterocycles. The molecule has 0 saturated heterocycles. The van der Waals surface area contributed by atoms with Gasteiger partial charge in [0.15, 0.2) is 5.82 Å². The lowest BCUT2D eigenvalue weighted by atomic mass is 10.2. The van der Waals surface area contributed by atoms with E-state index >= 15 is 0 Å². The van der Waals surface area contributed by atoms with Crippen LogP contribution in [-0.4, -0.2) is 20.7 Å². The molecule has 3 heterocycles. The van der Waals surface area contributed by atoms with Crippen molar-refractivity contribution in [1.82, 2.24) is 14.5 Å². The second kappa shape index (κ2) is 2.39. The summed E-state index contributed by atoms with van der Waals surface area (Å²) in [6.07, 6.45) is 5.01. The molecular weight excluding hydrogens is 178 g/mol. The van der Waals surface area contributed by atoms with Crippen molar-refractivity contribution in [2.45, 2.75) is 6.67 Å². The summed E-state index contributed by atoms with van der Waals surface area (Å²) >= 11 is 0. The summed E-state index contributed by atoms with van der Waals surface area (Å²) in [7, 11) is 0. The lowest BCUT2D eigenvalue weighted by Gasteiger charge is -2.07. The van der Waals surface area contributed by atoms with Crippen LogP contribution < -0.4 is 0 Å². The molecule has 0 N–H and O–H groups in total. The number of aliphatic imine (C=N–C) groups is 1. The summed E-state index contributed by atoms with van der Waals surface area (Å²) in [6.45, 7) is 0.550. The number of hydrogen-bond acceptors (Lipinski definition) is 4. The SMILES string of the molecule is N#Cc1cnc2ncc3n(c1-2)CN=C3. The highest BCUT2D eigenvalue weighted by Gasteiger charge is 2.19. The maximum absolute atomic E-state index is 8.88. The molecule has 14 heavy (non-hydrogen) atoms. The summed E-state index contributed by atoms with van der Waals surface area (Å²) in [5.41, 5.74) is 2.25. The molecule has 0 saturated carbocycles. The van der Waals surface area contributed by atoms with Crippen LogP contribution >= 0.6 is 0 Å². The Morgan fingerprint density at radius 2 is 2.21 bits per heavy atom. The minimum atomic E-state index is 0.550. The summed E-state index contributed by atoms with van der Waals surface area (Å²) < 4.78 is 1.94. The third-order valence-electron chi connectivity index (χ3n) is 2.25. The lowest BCUT2D eigenvalue weighted by Crippen LogP contribution is -2.05. The van der Waals surface area contributed by atoms with Crippen LogP contribution in [0.2, 0.25) is 0 Å². The highest BCUT2D eigenvalue weighted by molar-refractivity contribution is 5.81. The van der Waals surface area contributed by atoms with E-state index in [9.17, 15) is 0 Å². The van der Waals surface area contributed by atoms with E-state index in [0.29, 0.717) is 18.1 Å². The molecule has 0 amide bonds. The number of hydrogen-bond donors (Lipinski definition) is 0. The molecule has 0 unspecified atom stereocenters. The number of nitrogens with zero attached hydrogens (tertiary/aromatic N) is 5. The van der Waals surface area contributed by atoms with E-state index in [-0.39, 0.29) is 0 Å². The molecule has 0 radical (unpaired) electrons. The molecule has 0 fully saturated rings. The van der Waals surface area contributed by atoms with Crippen molar-refractivity contribution in [3.63, 3.8) is 0 Å². The van der Waals surface area contributed by atoms with Gasteiger partial charge in [0.1, 0.15) is 18.4 Å². The molecule has 3 aliphatic rings. The highest BCUT2D eigenvalue weighted by Crippen LogP contribution is 2.25. The van der Waals surface area contributed by atoms with Gasteiger partial charge < -0.3 is 4.57 Å². The quantitative estimate of drug-likeness (QED) is 0.602. The predicted molar refractivity (Wildman–Crippen MR) is 49.0 cm³/mol. The van der Waals surface area contributed by atoms with Gasteiger partial charge in [-0.05, 0) is 0 Å². The monoisotopic (exact) mass is 183 g/mol. The largest absolute Gasteiger partial charge is 0.314 e. The van der Waals surface area contributed by atoms with Gasteiger partial charge in [0, 0.05) is 12.4 Å². The van der Waals surface area contributed by atoms with Gasteiger partial charge in [0.2, 0.25) is 0 Å². The van der Waals surface area contributed by atoms with Crippen LogP contribution in [0.25, 0.3) is 11.5 Å². The normalized spacial score (nSPS) is 13.1. The summed E-state index contributed by atoms with van der Waals surface area (Å²) in [5, 5.41) is 8.88. The van der Waals surface area contributed by atoms with E-state index in [0.717, 1.165) is 11.4 Å². The first-order chi connectivity index (χ1) is 6.90. The average Bonchev–Trinajstić information content (AvgIpc) is 2.82. The highest BCUT2D eigenvalue weighted by atomic mass is 15.2. The first-order valence-corrected chi connectivity index (χ1v) is 4.14. The molecule has 3 rings (SSSR count). The Hall–Kier alpha value is -2.22. The zero-order valence-electron chi connectivity index (χ0n) is 7.18. The van der Waals surface area contributed by atoms with Crippen LogP contribution in [-0.2, 0) is 6.67 Å². The van der Waals surface area contributed by atoms with Crippen molar-refractivity contribution in [2.24, 2.45) is 4.99 Å². The molecule has 0 aliphatic carbocycles. The lowest BCUT2D eigenvalue weighted by molar-refractivity contribution is 0.753. The van der Waals surface area contributed by atoms with Crippen molar-refractivity contribution in [3.05, 3.63) is 23.7 Å². The van der Waals surface area contributed by atoms with Crippen LogP contribution in [0, 0.1) is 11.3 Å². The molecule has 0 aromatic carbocycles. The third kappa shape index (κ3) is 0.746.